The monoisotopic (exact) mass is 309 g/mol. The Morgan fingerprint density at radius 2 is 2.19 bits per heavy atom. The molecule has 0 radical (unpaired) electrons. The number of nitrogens with one attached hydrogen (secondary N) is 1. The van der Waals surface area contributed by atoms with E-state index in [0.29, 0.717) is 25.9 Å². The van der Waals surface area contributed by atoms with Crippen LogP contribution in [0.5, 0.6) is 0 Å². The fourth-order valence-corrected chi connectivity index (χ4v) is 2.99. The number of nitriles is 1. The van der Waals surface area contributed by atoms with Crippen molar-refractivity contribution in [1.29, 1.82) is 5.26 Å². The SMILES string of the molecule is CNC(=O)C1CCN([C@@H](C#N)c2c(F)cccc2Cl)CC1. The highest BCUT2D eigenvalue weighted by molar-refractivity contribution is 6.31. The number of piperidine rings is 1. The Hall–Kier alpha value is -1.64. The van der Waals surface area contributed by atoms with E-state index in [1.54, 1.807) is 13.1 Å². The molecule has 1 aromatic carbocycles. The summed E-state index contributed by atoms with van der Waals surface area (Å²) in [7, 11) is 1.62. The number of hydrogen-bond donors (Lipinski definition) is 1. The molecule has 1 saturated heterocycles. The third-order valence-electron chi connectivity index (χ3n) is 3.91. The fraction of sp³-hybridized carbons (Fsp3) is 0.467. The second kappa shape index (κ2) is 6.88. The standard InChI is InChI=1S/C15H17ClFN3O/c1-19-15(21)10-5-7-20(8-6-10)13(9-18)14-11(16)3-2-4-12(14)17/h2-4,10,13H,5-8H2,1H3,(H,19,21)/t13-/m0/s1. The highest BCUT2D eigenvalue weighted by Gasteiger charge is 2.31. The molecule has 1 atom stereocenters. The second-order valence-corrected chi connectivity index (χ2v) is 5.50. The molecule has 1 fully saturated rings. The molecule has 2 rings (SSSR count). The number of nitrogens with zero attached hydrogens (tertiary/aromatic N) is 2. The van der Waals surface area contributed by atoms with Crippen molar-refractivity contribution in [3.63, 3.8) is 0 Å². The zero-order chi connectivity index (χ0) is 15.4. The highest BCUT2D eigenvalue weighted by atomic mass is 35.5. The van der Waals surface area contributed by atoms with Crippen LogP contribution in [-0.4, -0.2) is 30.9 Å². The van der Waals surface area contributed by atoms with Crippen LogP contribution in [0.1, 0.15) is 24.4 Å². The Bertz CT molecular complexity index is 544. The summed E-state index contributed by atoms with van der Waals surface area (Å²) in [5, 5.41) is 12.3. The lowest BCUT2D eigenvalue weighted by Crippen LogP contribution is -2.41. The third kappa shape index (κ3) is 3.34. The van der Waals surface area contributed by atoms with E-state index in [-0.39, 0.29) is 22.4 Å². The van der Waals surface area contributed by atoms with Crippen molar-refractivity contribution < 1.29 is 9.18 Å². The minimum atomic E-state index is -0.718. The Balaban J connectivity index is 2.14. The van der Waals surface area contributed by atoms with Gasteiger partial charge in [-0.1, -0.05) is 17.7 Å². The van der Waals surface area contributed by atoms with Crippen LogP contribution in [0.2, 0.25) is 5.02 Å². The van der Waals surface area contributed by atoms with Gasteiger partial charge in [0, 0.05) is 36.6 Å². The summed E-state index contributed by atoms with van der Waals surface area (Å²) in [5.74, 6) is -0.490. The van der Waals surface area contributed by atoms with Crippen LogP contribution in [-0.2, 0) is 4.79 Å². The van der Waals surface area contributed by atoms with Gasteiger partial charge in [-0.15, -0.1) is 0 Å². The second-order valence-electron chi connectivity index (χ2n) is 5.09. The topological polar surface area (TPSA) is 56.1 Å². The van der Waals surface area contributed by atoms with Crippen molar-refractivity contribution in [1.82, 2.24) is 10.2 Å². The molecular formula is C15H17ClFN3O. The summed E-state index contributed by atoms with van der Waals surface area (Å²) >= 11 is 6.04. The third-order valence-corrected chi connectivity index (χ3v) is 4.24. The van der Waals surface area contributed by atoms with E-state index in [0.717, 1.165) is 0 Å². The van der Waals surface area contributed by atoms with Gasteiger partial charge in [-0.05, 0) is 25.0 Å². The quantitative estimate of drug-likeness (QED) is 0.933. The summed E-state index contributed by atoms with van der Waals surface area (Å²) in [5.41, 5.74) is 0.222. The van der Waals surface area contributed by atoms with Gasteiger partial charge in [0.05, 0.1) is 6.07 Å². The average molecular weight is 310 g/mol. The number of carbonyl (C=O) groups is 1. The smallest absolute Gasteiger partial charge is 0.222 e. The fourth-order valence-electron chi connectivity index (χ4n) is 2.72. The Morgan fingerprint density at radius 3 is 2.71 bits per heavy atom. The summed E-state index contributed by atoms with van der Waals surface area (Å²) in [6, 6.07) is 5.83. The average Bonchev–Trinajstić information content (AvgIpc) is 2.50. The Labute approximate surface area is 128 Å². The van der Waals surface area contributed by atoms with Crippen molar-refractivity contribution in [3.8, 4) is 6.07 Å². The number of rotatable bonds is 3. The lowest BCUT2D eigenvalue weighted by atomic mass is 9.93. The van der Waals surface area contributed by atoms with E-state index in [4.69, 9.17) is 11.6 Å². The maximum absolute atomic E-state index is 14.0. The number of halogens is 2. The summed E-state index contributed by atoms with van der Waals surface area (Å²) in [6.07, 6.45) is 1.31. The first kappa shape index (κ1) is 15.7. The first-order valence-corrected chi connectivity index (χ1v) is 7.25. The van der Waals surface area contributed by atoms with Crippen molar-refractivity contribution in [3.05, 3.63) is 34.6 Å². The summed E-state index contributed by atoms with van der Waals surface area (Å²) in [6.45, 7) is 1.14. The van der Waals surface area contributed by atoms with Gasteiger partial charge in [0.15, 0.2) is 0 Å². The van der Waals surface area contributed by atoms with Gasteiger partial charge in [-0.25, -0.2) is 4.39 Å². The van der Waals surface area contributed by atoms with Crippen LogP contribution in [0.4, 0.5) is 4.39 Å². The minimum absolute atomic E-state index is 0.0204. The van der Waals surface area contributed by atoms with E-state index < -0.39 is 11.9 Å². The minimum Gasteiger partial charge on any atom is -0.359 e. The van der Waals surface area contributed by atoms with Gasteiger partial charge in [0.2, 0.25) is 5.91 Å². The van der Waals surface area contributed by atoms with E-state index in [1.165, 1.54) is 12.1 Å². The molecule has 1 aliphatic rings. The first-order chi connectivity index (χ1) is 10.1. The van der Waals surface area contributed by atoms with E-state index >= 15 is 0 Å². The summed E-state index contributed by atoms with van der Waals surface area (Å²) < 4.78 is 14.0. The van der Waals surface area contributed by atoms with Crippen LogP contribution in [0.15, 0.2) is 18.2 Å². The molecule has 1 aliphatic heterocycles. The molecule has 1 N–H and O–H groups in total. The number of benzene rings is 1. The molecule has 0 aromatic heterocycles. The van der Waals surface area contributed by atoms with E-state index in [9.17, 15) is 14.4 Å². The molecule has 1 heterocycles. The lowest BCUT2D eigenvalue weighted by molar-refractivity contribution is -0.126. The molecule has 4 nitrogen and oxygen atoms in total. The molecule has 0 saturated carbocycles. The van der Waals surface area contributed by atoms with Crippen LogP contribution in [0, 0.1) is 23.1 Å². The predicted octanol–water partition coefficient (Wildman–Crippen LogP) is 2.50. The molecule has 0 unspecified atom stereocenters. The number of likely N-dealkylation sites (tertiary alicyclic amines) is 1. The van der Waals surface area contributed by atoms with Crippen molar-refractivity contribution >= 4 is 17.5 Å². The molecule has 0 bridgehead atoms. The largest absolute Gasteiger partial charge is 0.359 e. The van der Waals surface area contributed by atoms with Gasteiger partial charge < -0.3 is 5.32 Å². The zero-order valence-corrected chi connectivity index (χ0v) is 12.5. The first-order valence-electron chi connectivity index (χ1n) is 6.87. The highest BCUT2D eigenvalue weighted by Crippen LogP contribution is 2.32. The van der Waals surface area contributed by atoms with Crippen LogP contribution < -0.4 is 5.32 Å². The molecule has 112 valence electrons. The van der Waals surface area contributed by atoms with Gasteiger partial charge in [-0.3, -0.25) is 9.69 Å². The summed E-state index contributed by atoms with van der Waals surface area (Å²) in [4.78, 5) is 13.5. The molecule has 6 heteroatoms. The number of amides is 1. The van der Waals surface area contributed by atoms with Gasteiger partial charge in [0.25, 0.3) is 0 Å². The van der Waals surface area contributed by atoms with Gasteiger partial charge >= 0.3 is 0 Å². The van der Waals surface area contributed by atoms with Gasteiger partial charge in [0.1, 0.15) is 11.9 Å². The lowest BCUT2D eigenvalue weighted by Gasteiger charge is -2.34. The maximum Gasteiger partial charge on any atom is 0.222 e. The maximum atomic E-state index is 14.0. The van der Waals surface area contributed by atoms with E-state index in [2.05, 4.69) is 11.4 Å². The number of hydrogen-bond acceptors (Lipinski definition) is 3. The normalized spacial score (nSPS) is 18.0. The number of carbonyl (C=O) groups excluding carboxylic acids is 1. The molecular weight excluding hydrogens is 293 g/mol. The van der Waals surface area contributed by atoms with Crippen molar-refractivity contribution in [2.45, 2.75) is 18.9 Å². The van der Waals surface area contributed by atoms with Crippen LogP contribution in [0.25, 0.3) is 0 Å². The molecule has 0 aliphatic carbocycles. The van der Waals surface area contributed by atoms with Crippen LogP contribution >= 0.6 is 11.6 Å². The van der Waals surface area contributed by atoms with Crippen molar-refractivity contribution in [2.24, 2.45) is 5.92 Å². The molecule has 0 spiro atoms. The predicted molar refractivity (Wildman–Crippen MR) is 78.1 cm³/mol. The molecule has 1 aromatic rings. The molecule has 1 amide bonds. The Kier molecular flexibility index (Phi) is 5.16. The Morgan fingerprint density at radius 1 is 1.52 bits per heavy atom. The van der Waals surface area contributed by atoms with Gasteiger partial charge in [-0.2, -0.15) is 5.26 Å². The van der Waals surface area contributed by atoms with Crippen LogP contribution in [0.3, 0.4) is 0 Å². The van der Waals surface area contributed by atoms with E-state index in [1.807, 2.05) is 4.90 Å². The van der Waals surface area contributed by atoms with Crippen molar-refractivity contribution in [2.75, 3.05) is 20.1 Å². The zero-order valence-electron chi connectivity index (χ0n) is 11.8. The molecule has 21 heavy (non-hydrogen) atoms.